The number of likely N-dealkylation sites (N-methyl/N-ethyl adjacent to an activating group) is 1. The summed E-state index contributed by atoms with van der Waals surface area (Å²) >= 11 is 0. The van der Waals surface area contributed by atoms with Gasteiger partial charge in [0.25, 0.3) is 0 Å². The van der Waals surface area contributed by atoms with Gasteiger partial charge in [-0.3, -0.25) is 5.01 Å². The Morgan fingerprint density at radius 1 is 1.32 bits per heavy atom. The lowest BCUT2D eigenvalue weighted by atomic mass is 9.74. The number of nitrogens with one attached hydrogen (secondary N) is 2. The van der Waals surface area contributed by atoms with Crippen LogP contribution in [0.25, 0.3) is 10.9 Å². The normalized spacial score (nSPS) is 24.8. The molecule has 2 heterocycles. The number of piperidine rings is 1. The molecule has 1 aliphatic heterocycles. The second-order valence-corrected chi connectivity index (χ2v) is 7.15. The first kappa shape index (κ1) is 16.4. The van der Waals surface area contributed by atoms with E-state index in [2.05, 4.69) is 34.7 Å². The molecule has 6 heteroatoms. The van der Waals surface area contributed by atoms with E-state index >= 15 is 0 Å². The number of hydrazine groups is 1. The van der Waals surface area contributed by atoms with Crippen LogP contribution in [0.4, 0.5) is 4.79 Å². The molecule has 2 amide bonds. The van der Waals surface area contributed by atoms with E-state index in [9.17, 15) is 4.79 Å². The molecular formula is C19H27N5O. The van der Waals surface area contributed by atoms with Gasteiger partial charge >= 0.3 is 6.03 Å². The Kier molecular flexibility index (Phi) is 4.17. The third-order valence-electron chi connectivity index (χ3n) is 5.90. The Morgan fingerprint density at radius 2 is 2.16 bits per heavy atom. The summed E-state index contributed by atoms with van der Waals surface area (Å²) in [6, 6.07) is 7.06. The molecule has 134 valence electrons. The van der Waals surface area contributed by atoms with Crippen LogP contribution >= 0.6 is 0 Å². The van der Waals surface area contributed by atoms with Crippen molar-refractivity contribution in [2.75, 3.05) is 19.6 Å². The van der Waals surface area contributed by atoms with Crippen molar-refractivity contribution in [3.05, 3.63) is 35.5 Å². The third-order valence-corrected chi connectivity index (χ3v) is 5.90. The van der Waals surface area contributed by atoms with Gasteiger partial charge in [0.15, 0.2) is 0 Å². The predicted octanol–water partition coefficient (Wildman–Crippen LogP) is 2.18. The first-order valence-corrected chi connectivity index (χ1v) is 9.29. The third kappa shape index (κ3) is 2.60. The summed E-state index contributed by atoms with van der Waals surface area (Å²) in [5.74, 6) is 6.29. The molecule has 2 aromatic rings. The predicted molar refractivity (Wildman–Crippen MR) is 99.3 cm³/mol. The summed E-state index contributed by atoms with van der Waals surface area (Å²) in [5.41, 5.74) is 4.03. The highest BCUT2D eigenvalue weighted by atomic mass is 16.2. The molecular weight excluding hydrogens is 314 g/mol. The molecule has 1 aromatic heterocycles. The van der Waals surface area contributed by atoms with Gasteiger partial charge in [-0.2, -0.15) is 0 Å². The number of aromatic nitrogens is 1. The number of amides is 2. The van der Waals surface area contributed by atoms with Crippen LogP contribution < -0.4 is 11.2 Å². The highest BCUT2D eigenvalue weighted by molar-refractivity contribution is 5.88. The van der Waals surface area contributed by atoms with Crippen molar-refractivity contribution in [1.82, 2.24) is 20.2 Å². The smallest absolute Gasteiger partial charge is 0.334 e. The van der Waals surface area contributed by atoms with Crippen LogP contribution in [0.5, 0.6) is 0 Å². The fourth-order valence-corrected chi connectivity index (χ4v) is 4.61. The molecule has 1 fully saturated rings. The second kappa shape index (κ2) is 6.35. The zero-order valence-electron chi connectivity index (χ0n) is 15.0. The molecule has 1 saturated heterocycles. The van der Waals surface area contributed by atoms with Gasteiger partial charge in [-0.25, -0.2) is 10.6 Å². The zero-order valence-corrected chi connectivity index (χ0v) is 15.0. The molecule has 1 aromatic carbocycles. The van der Waals surface area contributed by atoms with Crippen molar-refractivity contribution in [2.45, 2.75) is 44.7 Å². The summed E-state index contributed by atoms with van der Waals surface area (Å²) in [5, 5.41) is 6.40. The molecule has 1 unspecified atom stereocenters. The molecule has 4 N–H and O–H groups in total. The van der Waals surface area contributed by atoms with Crippen LogP contribution in [0.3, 0.4) is 0 Å². The molecule has 0 bridgehead atoms. The summed E-state index contributed by atoms with van der Waals surface area (Å²) in [6.45, 7) is 5.95. The SMILES string of the molecule is CCN(N)C(=O)N(CC)C1CN[C@@H]2Cc3c[nH]c4cccc(c34)[C@H]2C1. The van der Waals surface area contributed by atoms with Crippen LogP contribution in [-0.4, -0.2) is 52.6 Å². The number of hydrogen-bond donors (Lipinski definition) is 3. The lowest BCUT2D eigenvalue weighted by Gasteiger charge is -2.44. The Balaban J connectivity index is 1.63. The molecule has 2 aliphatic rings. The maximum Gasteiger partial charge on any atom is 0.334 e. The number of aromatic amines is 1. The fraction of sp³-hybridized carbons (Fsp3) is 0.526. The average Bonchev–Trinajstić information content (AvgIpc) is 3.06. The minimum absolute atomic E-state index is 0.0772. The van der Waals surface area contributed by atoms with Crippen molar-refractivity contribution in [3.8, 4) is 0 Å². The molecule has 25 heavy (non-hydrogen) atoms. The van der Waals surface area contributed by atoms with Crippen molar-refractivity contribution < 1.29 is 4.79 Å². The van der Waals surface area contributed by atoms with Gasteiger partial charge in [0, 0.05) is 54.7 Å². The van der Waals surface area contributed by atoms with Gasteiger partial charge in [0.2, 0.25) is 0 Å². The van der Waals surface area contributed by atoms with Crippen molar-refractivity contribution in [1.29, 1.82) is 0 Å². The highest BCUT2D eigenvalue weighted by Crippen LogP contribution is 2.41. The number of fused-ring (bicyclic) bond motifs is 2. The van der Waals surface area contributed by atoms with Crippen LogP contribution in [0.2, 0.25) is 0 Å². The lowest BCUT2D eigenvalue weighted by Crippen LogP contribution is -2.58. The van der Waals surface area contributed by atoms with E-state index in [1.807, 2.05) is 18.7 Å². The number of hydrogen-bond acceptors (Lipinski definition) is 3. The van der Waals surface area contributed by atoms with E-state index in [1.165, 1.54) is 27.0 Å². The highest BCUT2D eigenvalue weighted by Gasteiger charge is 2.39. The minimum atomic E-state index is -0.0772. The lowest BCUT2D eigenvalue weighted by molar-refractivity contribution is 0.118. The first-order valence-electron chi connectivity index (χ1n) is 9.29. The largest absolute Gasteiger partial charge is 0.361 e. The Labute approximate surface area is 148 Å². The quantitative estimate of drug-likeness (QED) is 0.455. The molecule has 6 nitrogen and oxygen atoms in total. The topological polar surface area (TPSA) is 77.4 Å². The number of carbonyl (C=O) groups excluding carboxylic acids is 1. The van der Waals surface area contributed by atoms with Crippen LogP contribution in [0, 0.1) is 0 Å². The number of nitrogens with zero attached hydrogens (tertiary/aromatic N) is 2. The van der Waals surface area contributed by atoms with Crippen molar-refractivity contribution in [2.24, 2.45) is 5.84 Å². The van der Waals surface area contributed by atoms with Gasteiger partial charge in [0.05, 0.1) is 0 Å². The average molecular weight is 341 g/mol. The van der Waals surface area contributed by atoms with E-state index in [0.29, 0.717) is 25.0 Å². The molecule has 0 radical (unpaired) electrons. The van der Waals surface area contributed by atoms with E-state index in [0.717, 1.165) is 19.4 Å². The molecule has 1 aliphatic carbocycles. The Bertz CT molecular complexity index is 785. The fourth-order valence-electron chi connectivity index (χ4n) is 4.61. The van der Waals surface area contributed by atoms with Gasteiger partial charge in [0.1, 0.15) is 0 Å². The number of nitrogens with two attached hydrogens (primary N) is 1. The monoisotopic (exact) mass is 341 g/mol. The number of carbonyl (C=O) groups is 1. The number of H-pyrrole nitrogens is 1. The van der Waals surface area contributed by atoms with Gasteiger partial charge in [-0.1, -0.05) is 12.1 Å². The van der Waals surface area contributed by atoms with Crippen molar-refractivity contribution in [3.63, 3.8) is 0 Å². The Morgan fingerprint density at radius 3 is 2.92 bits per heavy atom. The van der Waals surface area contributed by atoms with Crippen LogP contribution in [0.1, 0.15) is 37.3 Å². The molecule has 0 saturated carbocycles. The van der Waals surface area contributed by atoms with E-state index in [1.54, 1.807) is 0 Å². The minimum Gasteiger partial charge on any atom is -0.361 e. The molecule has 3 atom stereocenters. The molecule has 4 rings (SSSR count). The zero-order chi connectivity index (χ0) is 17.6. The summed E-state index contributed by atoms with van der Waals surface area (Å²) in [6.07, 6.45) is 4.18. The van der Waals surface area contributed by atoms with Crippen molar-refractivity contribution >= 4 is 16.9 Å². The second-order valence-electron chi connectivity index (χ2n) is 7.15. The maximum absolute atomic E-state index is 12.6. The standard InChI is InChI=1S/C19H27N5O/c1-3-23(19(25)24(20)4-2)13-9-15-14-6-5-7-16-18(14)12(10-21-16)8-17(15)22-11-13/h5-7,10,13,15,17,21-22H,3-4,8-9,11,20H2,1-2H3/t13?,15-,17-/m1/s1. The van der Waals surface area contributed by atoms with Crippen LogP contribution in [0.15, 0.2) is 24.4 Å². The van der Waals surface area contributed by atoms with Gasteiger partial charge in [-0.15, -0.1) is 0 Å². The summed E-state index contributed by atoms with van der Waals surface area (Å²) in [7, 11) is 0. The van der Waals surface area contributed by atoms with Gasteiger partial charge in [-0.05, 0) is 43.9 Å². The van der Waals surface area contributed by atoms with E-state index < -0.39 is 0 Å². The Hall–Kier alpha value is -2.05. The number of rotatable bonds is 3. The summed E-state index contributed by atoms with van der Waals surface area (Å²) < 4.78 is 0. The number of benzene rings is 1. The molecule has 0 spiro atoms. The van der Waals surface area contributed by atoms with Crippen LogP contribution in [-0.2, 0) is 6.42 Å². The van der Waals surface area contributed by atoms with E-state index in [-0.39, 0.29) is 12.1 Å². The number of urea groups is 1. The van der Waals surface area contributed by atoms with Gasteiger partial charge < -0.3 is 15.2 Å². The summed E-state index contributed by atoms with van der Waals surface area (Å²) in [4.78, 5) is 17.9. The van der Waals surface area contributed by atoms with E-state index in [4.69, 9.17) is 5.84 Å². The first-order chi connectivity index (χ1) is 12.1. The maximum atomic E-state index is 12.6.